The van der Waals surface area contributed by atoms with Crippen LogP contribution >= 0.6 is 0 Å². The van der Waals surface area contributed by atoms with Crippen LogP contribution in [0, 0.1) is 24.4 Å². The predicted octanol–water partition coefficient (Wildman–Crippen LogP) is 2.99. The average Bonchev–Trinajstić information content (AvgIpc) is 3.29. The standard InChI is InChI=1S/C25H24F3N5O4S/c1-15-5-6-20(14-21(15)28)32(2)24(34)22(12-16-10-18(26)13-19(27)11-16)30-25(35)31-38(36,37)33-9-7-17-4-3-8-29-23(17)33/h3-6,8,10-11,13-14,22H,7,9,12H2,1-2H3,(H2,30,31,35)/t22-/m0/s1. The predicted molar refractivity (Wildman–Crippen MR) is 134 cm³/mol. The fourth-order valence-electron chi connectivity index (χ4n) is 4.09. The Bertz CT molecular complexity index is 1480. The number of likely N-dealkylation sites (N-methyl/N-ethyl adjacent to an activating group) is 1. The fourth-order valence-corrected chi connectivity index (χ4v) is 5.21. The number of hydrogen-bond donors (Lipinski definition) is 2. The third-order valence-electron chi connectivity index (χ3n) is 6.04. The summed E-state index contributed by atoms with van der Waals surface area (Å²) in [4.78, 5) is 31.2. The molecule has 0 saturated carbocycles. The van der Waals surface area contributed by atoms with Crippen molar-refractivity contribution in [1.82, 2.24) is 15.0 Å². The number of anilines is 2. The molecule has 3 aromatic rings. The minimum Gasteiger partial charge on any atom is -0.325 e. The van der Waals surface area contributed by atoms with Crippen molar-refractivity contribution in [2.45, 2.75) is 25.8 Å². The molecular weight excluding hydrogens is 523 g/mol. The summed E-state index contributed by atoms with van der Waals surface area (Å²) in [5, 5.41) is 2.28. The van der Waals surface area contributed by atoms with Gasteiger partial charge in [-0.15, -0.1) is 0 Å². The number of rotatable bonds is 7. The molecule has 2 aromatic carbocycles. The third-order valence-corrected chi connectivity index (χ3v) is 7.42. The third kappa shape index (κ3) is 5.88. The number of nitrogens with one attached hydrogen (secondary N) is 2. The van der Waals surface area contributed by atoms with Crippen LogP contribution in [0.5, 0.6) is 0 Å². The van der Waals surface area contributed by atoms with Crippen molar-refractivity contribution < 1.29 is 31.2 Å². The summed E-state index contributed by atoms with van der Waals surface area (Å²) < 4.78 is 70.3. The van der Waals surface area contributed by atoms with E-state index in [4.69, 9.17) is 0 Å². The van der Waals surface area contributed by atoms with Gasteiger partial charge in [-0.25, -0.2) is 32.0 Å². The van der Waals surface area contributed by atoms with Crippen LogP contribution < -0.4 is 19.2 Å². The molecule has 0 unspecified atom stereocenters. The van der Waals surface area contributed by atoms with Gasteiger partial charge in [-0.1, -0.05) is 12.1 Å². The highest BCUT2D eigenvalue weighted by Gasteiger charge is 2.33. The van der Waals surface area contributed by atoms with E-state index in [2.05, 4.69) is 10.3 Å². The first-order chi connectivity index (χ1) is 17.9. The van der Waals surface area contributed by atoms with Gasteiger partial charge in [0.2, 0.25) is 5.91 Å². The topological polar surface area (TPSA) is 112 Å². The molecule has 0 aliphatic carbocycles. The molecule has 4 rings (SSSR count). The van der Waals surface area contributed by atoms with Crippen molar-refractivity contribution in [3.8, 4) is 0 Å². The van der Waals surface area contributed by atoms with Gasteiger partial charge in [-0.3, -0.25) is 4.79 Å². The van der Waals surface area contributed by atoms with Gasteiger partial charge in [0.1, 0.15) is 29.3 Å². The van der Waals surface area contributed by atoms with E-state index in [9.17, 15) is 31.2 Å². The van der Waals surface area contributed by atoms with Crippen molar-refractivity contribution in [2.75, 3.05) is 22.8 Å². The maximum Gasteiger partial charge on any atom is 0.330 e. The molecule has 3 amide bonds. The second kappa shape index (κ2) is 10.7. The van der Waals surface area contributed by atoms with Crippen molar-refractivity contribution in [3.63, 3.8) is 0 Å². The lowest BCUT2D eigenvalue weighted by Gasteiger charge is -2.26. The van der Waals surface area contributed by atoms with E-state index in [1.807, 2.05) is 4.72 Å². The maximum atomic E-state index is 14.1. The van der Waals surface area contributed by atoms with Gasteiger partial charge in [0.15, 0.2) is 0 Å². The number of benzene rings is 2. The summed E-state index contributed by atoms with van der Waals surface area (Å²) in [5.74, 6) is -2.96. The quantitative estimate of drug-likeness (QED) is 0.473. The van der Waals surface area contributed by atoms with E-state index in [0.717, 1.165) is 27.4 Å². The van der Waals surface area contributed by atoms with Crippen LogP contribution in [0.1, 0.15) is 16.7 Å². The van der Waals surface area contributed by atoms with Crippen molar-refractivity contribution in [2.24, 2.45) is 0 Å². The smallest absolute Gasteiger partial charge is 0.325 e. The van der Waals surface area contributed by atoms with Gasteiger partial charge in [0, 0.05) is 38.0 Å². The van der Waals surface area contributed by atoms with E-state index in [1.54, 1.807) is 19.1 Å². The Morgan fingerprint density at radius 1 is 1.11 bits per heavy atom. The summed E-state index contributed by atoms with van der Waals surface area (Å²) in [6.07, 6.45) is 1.44. The fraction of sp³-hybridized carbons (Fsp3) is 0.240. The highest BCUT2D eigenvalue weighted by Crippen LogP contribution is 2.26. The van der Waals surface area contributed by atoms with Crippen LogP contribution in [0.4, 0.5) is 29.5 Å². The monoisotopic (exact) mass is 547 g/mol. The van der Waals surface area contributed by atoms with E-state index in [-0.39, 0.29) is 30.0 Å². The number of nitrogens with zero attached hydrogens (tertiary/aromatic N) is 3. The SMILES string of the molecule is Cc1ccc(N(C)C(=O)[C@H](Cc2cc(F)cc(F)c2)NC(=O)NS(=O)(=O)N2CCc3cccnc32)cc1F. The molecule has 0 fully saturated rings. The lowest BCUT2D eigenvalue weighted by Crippen LogP contribution is -2.54. The number of fused-ring (bicyclic) bond motifs is 1. The second-order valence-electron chi connectivity index (χ2n) is 8.75. The number of pyridine rings is 1. The van der Waals surface area contributed by atoms with E-state index >= 15 is 0 Å². The van der Waals surface area contributed by atoms with E-state index < -0.39 is 45.6 Å². The molecule has 0 bridgehead atoms. The van der Waals surface area contributed by atoms with Crippen LogP contribution in [-0.2, 0) is 27.8 Å². The lowest BCUT2D eigenvalue weighted by molar-refractivity contribution is -0.120. The molecule has 200 valence electrons. The molecule has 2 heterocycles. The molecule has 9 nitrogen and oxygen atoms in total. The van der Waals surface area contributed by atoms with Crippen molar-refractivity contribution in [3.05, 3.63) is 88.9 Å². The van der Waals surface area contributed by atoms with Gasteiger partial charge in [0.05, 0.1) is 0 Å². The molecule has 1 aliphatic rings. The Kier molecular flexibility index (Phi) is 7.58. The Morgan fingerprint density at radius 2 is 1.82 bits per heavy atom. The van der Waals surface area contributed by atoms with E-state index in [0.29, 0.717) is 23.6 Å². The zero-order chi connectivity index (χ0) is 27.6. The molecule has 1 aromatic heterocycles. The maximum absolute atomic E-state index is 14.1. The molecule has 0 radical (unpaired) electrons. The molecule has 13 heteroatoms. The number of carbonyl (C=O) groups excluding carboxylic acids is 2. The van der Waals surface area contributed by atoms with Gasteiger partial charge in [0.25, 0.3) is 0 Å². The molecule has 1 aliphatic heterocycles. The first kappa shape index (κ1) is 26.9. The number of urea groups is 1. The first-order valence-electron chi connectivity index (χ1n) is 11.5. The molecule has 0 spiro atoms. The molecule has 2 N–H and O–H groups in total. The summed E-state index contributed by atoms with van der Waals surface area (Å²) in [6.45, 7) is 1.60. The van der Waals surface area contributed by atoms with Gasteiger partial charge < -0.3 is 10.2 Å². The first-order valence-corrected chi connectivity index (χ1v) is 12.9. The molecule has 38 heavy (non-hydrogen) atoms. The minimum atomic E-state index is -4.40. The average molecular weight is 548 g/mol. The zero-order valence-corrected chi connectivity index (χ0v) is 21.2. The number of amides is 3. The van der Waals surface area contributed by atoms with Crippen LogP contribution in [0.25, 0.3) is 0 Å². The van der Waals surface area contributed by atoms with E-state index in [1.165, 1.54) is 25.4 Å². The summed E-state index contributed by atoms with van der Waals surface area (Å²) in [7, 11) is -3.07. The Morgan fingerprint density at radius 3 is 2.50 bits per heavy atom. The van der Waals surface area contributed by atoms with Crippen LogP contribution in [-0.4, -0.2) is 45.0 Å². The van der Waals surface area contributed by atoms with Gasteiger partial charge >= 0.3 is 16.2 Å². The Labute approximate surface area is 217 Å². The number of hydrogen-bond acceptors (Lipinski definition) is 5. The lowest BCUT2D eigenvalue weighted by atomic mass is 10.0. The second-order valence-corrected chi connectivity index (χ2v) is 10.3. The summed E-state index contributed by atoms with van der Waals surface area (Å²) >= 11 is 0. The zero-order valence-electron chi connectivity index (χ0n) is 20.4. The highest BCUT2D eigenvalue weighted by atomic mass is 32.2. The Hall–Kier alpha value is -4.13. The largest absolute Gasteiger partial charge is 0.330 e. The van der Waals surface area contributed by atoms with Crippen LogP contribution in [0.15, 0.2) is 54.7 Å². The van der Waals surface area contributed by atoms with Crippen LogP contribution in [0.2, 0.25) is 0 Å². The molecular formula is C25H24F3N5O4S. The number of carbonyl (C=O) groups is 2. The van der Waals surface area contributed by atoms with Gasteiger partial charge in [-0.2, -0.15) is 8.42 Å². The number of aromatic nitrogens is 1. The minimum absolute atomic E-state index is 0.0326. The van der Waals surface area contributed by atoms with Crippen molar-refractivity contribution in [1.29, 1.82) is 0 Å². The summed E-state index contributed by atoms with van der Waals surface area (Å²) in [6, 6.07) is 7.35. The molecule has 0 saturated heterocycles. The van der Waals surface area contributed by atoms with Crippen LogP contribution in [0.3, 0.4) is 0 Å². The highest BCUT2D eigenvalue weighted by molar-refractivity contribution is 7.91. The number of halogens is 3. The molecule has 1 atom stereocenters. The number of aryl methyl sites for hydroxylation is 1. The van der Waals surface area contributed by atoms with Crippen molar-refractivity contribution >= 4 is 33.7 Å². The summed E-state index contributed by atoms with van der Waals surface area (Å²) in [5.41, 5.74) is 1.22. The normalized spacial score (nSPS) is 13.6. The van der Waals surface area contributed by atoms with Gasteiger partial charge in [-0.05, 0) is 60.4 Å². The Balaban J connectivity index is 1.57.